The lowest BCUT2D eigenvalue weighted by Crippen LogP contribution is -2.46. The molecule has 1 aromatic rings. The Hall–Kier alpha value is -1.56. The van der Waals surface area contributed by atoms with E-state index in [4.69, 9.17) is 16.3 Å². The molecule has 7 heteroatoms. The van der Waals surface area contributed by atoms with Crippen molar-refractivity contribution in [3.8, 4) is 0 Å². The van der Waals surface area contributed by atoms with Crippen LogP contribution in [0.3, 0.4) is 0 Å². The summed E-state index contributed by atoms with van der Waals surface area (Å²) in [5.41, 5.74) is 0.256. The summed E-state index contributed by atoms with van der Waals surface area (Å²) in [6.07, 6.45) is 1.37. The topological polar surface area (TPSA) is 67.4 Å². The normalized spacial score (nSPS) is 29.2. The summed E-state index contributed by atoms with van der Waals surface area (Å²) in [5.74, 6) is 1.68. The molecular weight excluding hydrogens is 316 g/mol. The van der Waals surface area contributed by atoms with Gasteiger partial charge in [-0.1, -0.05) is 6.92 Å². The van der Waals surface area contributed by atoms with Gasteiger partial charge in [0.25, 0.3) is 0 Å². The van der Waals surface area contributed by atoms with Gasteiger partial charge in [-0.15, -0.1) is 0 Å². The van der Waals surface area contributed by atoms with E-state index < -0.39 is 5.60 Å². The second-order valence-corrected chi connectivity index (χ2v) is 7.93. The van der Waals surface area contributed by atoms with Gasteiger partial charge in [-0.3, -0.25) is 0 Å². The van der Waals surface area contributed by atoms with Gasteiger partial charge in [0.1, 0.15) is 11.4 Å². The van der Waals surface area contributed by atoms with Gasteiger partial charge in [0.15, 0.2) is 0 Å². The average Bonchev–Trinajstić information content (AvgIpc) is 2.79. The maximum atomic E-state index is 12.2. The first-order valence-electron chi connectivity index (χ1n) is 7.87. The van der Waals surface area contributed by atoms with E-state index in [9.17, 15) is 4.79 Å². The fourth-order valence-corrected chi connectivity index (χ4v) is 3.69. The lowest BCUT2D eigenvalue weighted by atomic mass is 10.2. The number of nitrogens with zero attached hydrogens (tertiary/aromatic N) is 3. The van der Waals surface area contributed by atoms with Crippen LogP contribution in [0.1, 0.15) is 33.3 Å². The predicted molar refractivity (Wildman–Crippen MR) is 88.7 cm³/mol. The Balaban J connectivity index is 1.73. The number of carbonyl (C=O) groups excluding carboxylic acids is 1. The van der Waals surface area contributed by atoms with E-state index in [0.717, 1.165) is 17.9 Å². The third kappa shape index (κ3) is 2.96. The van der Waals surface area contributed by atoms with Crippen LogP contribution in [0.2, 0.25) is 5.28 Å². The number of nitrogens with one attached hydrogen (secondary N) is 1. The molecular formula is C16H23ClN4O2. The molecule has 3 atom stereocenters. The van der Waals surface area contributed by atoms with E-state index in [2.05, 4.69) is 27.1 Å². The van der Waals surface area contributed by atoms with Crippen LogP contribution >= 0.6 is 11.6 Å². The van der Waals surface area contributed by atoms with Crippen LogP contribution in [-0.4, -0.2) is 40.3 Å². The molecule has 1 saturated carbocycles. The summed E-state index contributed by atoms with van der Waals surface area (Å²) in [6, 6.07) is 0. The lowest BCUT2D eigenvalue weighted by molar-refractivity contribution is 0.0494. The molecule has 23 heavy (non-hydrogen) atoms. The number of alkyl carbamates (subject to hydrolysis) is 1. The number of halogens is 1. The molecule has 2 aliphatic rings. The molecule has 1 N–H and O–H groups in total. The van der Waals surface area contributed by atoms with Crippen molar-refractivity contribution >= 4 is 23.5 Å². The molecule has 126 valence electrons. The Kier molecular flexibility index (Phi) is 3.71. The molecule has 0 spiro atoms. The molecule has 3 rings (SSSR count). The van der Waals surface area contributed by atoms with Gasteiger partial charge >= 0.3 is 6.09 Å². The van der Waals surface area contributed by atoms with Crippen LogP contribution in [0, 0.1) is 18.8 Å². The number of hydrogen-bond donors (Lipinski definition) is 1. The van der Waals surface area contributed by atoms with Crippen LogP contribution in [0.4, 0.5) is 10.6 Å². The molecule has 2 heterocycles. The Morgan fingerprint density at radius 3 is 2.87 bits per heavy atom. The molecule has 1 aliphatic carbocycles. The maximum absolute atomic E-state index is 12.2. The van der Waals surface area contributed by atoms with Crippen molar-refractivity contribution in [2.75, 3.05) is 18.0 Å². The van der Waals surface area contributed by atoms with E-state index >= 15 is 0 Å². The van der Waals surface area contributed by atoms with Crippen molar-refractivity contribution in [2.24, 2.45) is 11.8 Å². The number of hydrogen-bond acceptors (Lipinski definition) is 5. The maximum Gasteiger partial charge on any atom is 0.408 e. The molecule has 1 aromatic heterocycles. The van der Waals surface area contributed by atoms with Gasteiger partial charge in [0.2, 0.25) is 5.28 Å². The SMILES string of the molecule is Cc1cnc(Cl)nc1N1C[C@H]2[C@@H](C)[C@@]2(NC(=O)OC(C)(C)C)C1. The minimum absolute atomic E-state index is 0.230. The van der Waals surface area contributed by atoms with Crippen LogP contribution in [0.25, 0.3) is 0 Å². The fourth-order valence-electron chi connectivity index (χ4n) is 3.56. The second-order valence-electron chi connectivity index (χ2n) is 7.59. The highest BCUT2D eigenvalue weighted by molar-refractivity contribution is 6.28. The second kappa shape index (κ2) is 5.23. The number of aromatic nitrogens is 2. The third-order valence-electron chi connectivity index (χ3n) is 4.79. The summed E-state index contributed by atoms with van der Waals surface area (Å²) in [4.78, 5) is 22.7. The first-order valence-corrected chi connectivity index (χ1v) is 8.25. The zero-order valence-corrected chi connectivity index (χ0v) is 14.9. The molecule has 0 aromatic carbocycles. The number of ether oxygens (including phenoxy) is 1. The Labute approximate surface area is 141 Å². The van der Waals surface area contributed by atoms with Gasteiger partial charge in [-0.25, -0.2) is 14.8 Å². The van der Waals surface area contributed by atoms with Gasteiger partial charge in [-0.2, -0.15) is 0 Å². The minimum atomic E-state index is -0.497. The molecule has 1 amide bonds. The summed E-state index contributed by atoms with van der Waals surface area (Å²) in [5, 5.41) is 3.33. The molecule has 6 nitrogen and oxygen atoms in total. The van der Waals surface area contributed by atoms with Crippen LogP contribution in [0.5, 0.6) is 0 Å². The molecule has 0 radical (unpaired) electrons. The summed E-state index contributed by atoms with van der Waals surface area (Å²) in [7, 11) is 0. The molecule has 0 unspecified atom stereocenters. The van der Waals surface area contributed by atoms with Crippen molar-refractivity contribution in [2.45, 2.75) is 45.8 Å². The monoisotopic (exact) mass is 338 g/mol. The third-order valence-corrected chi connectivity index (χ3v) is 4.97. The fraction of sp³-hybridized carbons (Fsp3) is 0.688. The molecule has 2 fully saturated rings. The molecule has 1 aliphatic heterocycles. The number of amides is 1. The smallest absolute Gasteiger partial charge is 0.408 e. The Bertz CT molecular complexity index is 645. The molecule has 1 saturated heterocycles. The van der Waals surface area contributed by atoms with Crippen molar-refractivity contribution < 1.29 is 9.53 Å². The first kappa shape index (κ1) is 16.3. The van der Waals surface area contributed by atoms with Gasteiger partial charge in [0, 0.05) is 30.8 Å². The largest absolute Gasteiger partial charge is 0.444 e. The van der Waals surface area contributed by atoms with Gasteiger partial charge in [0.05, 0.1) is 5.54 Å². The quantitative estimate of drug-likeness (QED) is 0.840. The number of rotatable bonds is 2. The number of piperidine rings is 1. The van der Waals surface area contributed by atoms with E-state index in [1.165, 1.54) is 0 Å². The summed E-state index contributed by atoms with van der Waals surface area (Å²) < 4.78 is 5.41. The summed E-state index contributed by atoms with van der Waals surface area (Å²) in [6.45, 7) is 11.3. The standard InChI is InChI=1S/C16H23ClN4O2/c1-9-6-18-13(17)19-12(9)21-7-11-10(2)16(11,8-21)20-14(22)23-15(3,4)5/h6,10-11H,7-8H2,1-5H3,(H,20,22)/t10-,11+,16+/m1/s1. The molecule has 0 bridgehead atoms. The first-order chi connectivity index (χ1) is 10.6. The van der Waals surface area contributed by atoms with Crippen molar-refractivity contribution in [1.82, 2.24) is 15.3 Å². The Morgan fingerprint density at radius 1 is 1.52 bits per heavy atom. The van der Waals surface area contributed by atoms with E-state index in [-0.39, 0.29) is 16.9 Å². The highest BCUT2D eigenvalue weighted by atomic mass is 35.5. The van der Waals surface area contributed by atoms with E-state index in [0.29, 0.717) is 18.4 Å². The number of carbonyl (C=O) groups is 1. The predicted octanol–water partition coefficient (Wildman–Crippen LogP) is 2.79. The highest BCUT2D eigenvalue weighted by Gasteiger charge is 2.68. The zero-order valence-electron chi connectivity index (χ0n) is 14.2. The number of aryl methyl sites for hydroxylation is 1. The van der Waals surface area contributed by atoms with Gasteiger partial charge in [-0.05, 0) is 45.2 Å². The van der Waals surface area contributed by atoms with Gasteiger partial charge < -0.3 is 15.0 Å². The van der Waals surface area contributed by atoms with Crippen LogP contribution in [-0.2, 0) is 4.74 Å². The minimum Gasteiger partial charge on any atom is -0.444 e. The average molecular weight is 339 g/mol. The van der Waals surface area contributed by atoms with Crippen LogP contribution < -0.4 is 10.2 Å². The Morgan fingerprint density at radius 2 is 2.22 bits per heavy atom. The van der Waals surface area contributed by atoms with Crippen molar-refractivity contribution in [1.29, 1.82) is 0 Å². The van der Waals surface area contributed by atoms with Crippen molar-refractivity contribution in [3.05, 3.63) is 17.0 Å². The van der Waals surface area contributed by atoms with E-state index in [1.54, 1.807) is 6.20 Å². The van der Waals surface area contributed by atoms with Crippen LogP contribution in [0.15, 0.2) is 6.20 Å². The number of fused-ring (bicyclic) bond motifs is 1. The summed E-state index contributed by atoms with van der Waals surface area (Å²) >= 11 is 5.92. The van der Waals surface area contributed by atoms with E-state index in [1.807, 2.05) is 27.7 Å². The zero-order chi connectivity index (χ0) is 17.0. The number of anilines is 1. The lowest BCUT2D eigenvalue weighted by Gasteiger charge is -2.27. The van der Waals surface area contributed by atoms with Crippen molar-refractivity contribution in [3.63, 3.8) is 0 Å². The highest BCUT2D eigenvalue weighted by Crippen LogP contribution is 2.56.